The molecule has 0 saturated heterocycles. The van der Waals surface area contributed by atoms with Gasteiger partial charge in [0.2, 0.25) is 0 Å². The molecule has 124 valence electrons. The average molecular weight is 301 g/mol. The van der Waals surface area contributed by atoms with Crippen LogP contribution in [0.2, 0.25) is 0 Å². The summed E-state index contributed by atoms with van der Waals surface area (Å²) in [5.41, 5.74) is -0.0720. The topological polar surface area (TPSA) is 81.7 Å². The molecular formula is C15H31N3O3. The minimum absolute atomic E-state index is 0.0720. The van der Waals surface area contributed by atoms with Crippen LogP contribution in [0.4, 0.5) is 4.79 Å². The first kappa shape index (κ1) is 19.7. The molecular weight excluding hydrogens is 270 g/mol. The first-order valence-corrected chi connectivity index (χ1v) is 7.61. The maximum Gasteiger partial charge on any atom is 0.314 e. The van der Waals surface area contributed by atoms with E-state index in [0.717, 1.165) is 25.8 Å². The number of carbonyl (C=O) groups is 2. The van der Waals surface area contributed by atoms with Gasteiger partial charge in [0.05, 0.1) is 0 Å². The number of hydrogen-bond donors (Lipinski definition) is 3. The smallest absolute Gasteiger partial charge is 0.314 e. The molecule has 0 heterocycles. The molecule has 0 rings (SSSR count). The number of rotatable bonds is 11. The molecule has 0 spiro atoms. The second kappa shape index (κ2) is 10.4. The summed E-state index contributed by atoms with van der Waals surface area (Å²) in [7, 11) is 4.07. The predicted molar refractivity (Wildman–Crippen MR) is 84.5 cm³/mol. The van der Waals surface area contributed by atoms with Gasteiger partial charge < -0.3 is 20.6 Å². The predicted octanol–water partition coefficient (Wildman–Crippen LogP) is 1.91. The molecule has 21 heavy (non-hydrogen) atoms. The van der Waals surface area contributed by atoms with Crippen LogP contribution in [0.5, 0.6) is 0 Å². The van der Waals surface area contributed by atoms with Crippen molar-refractivity contribution in [2.45, 2.75) is 46.0 Å². The zero-order valence-electron chi connectivity index (χ0n) is 13.9. The van der Waals surface area contributed by atoms with Crippen molar-refractivity contribution in [1.82, 2.24) is 15.5 Å². The molecule has 2 amide bonds. The second-order valence-electron chi connectivity index (χ2n) is 6.50. The average Bonchev–Trinajstić information content (AvgIpc) is 2.35. The van der Waals surface area contributed by atoms with E-state index < -0.39 is 5.97 Å². The largest absolute Gasteiger partial charge is 0.481 e. The normalized spacial score (nSPS) is 11.5. The summed E-state index contributed by atoms with van der Waals surface area (Å²) in [6.45, 7) is 6.33. The molecule has 0 fully saturated rings. The monoisotopic (exact) mass is 301 g/mol. The van der Waals surface area contributed by atoms with Gasteiger partial charge in [-0.3, -0.25) is 4.79 Å². The lowest BCUT2D eigenvalue weighted by Crippen LogP contribution is -2.37. The van der Waals surface area contributed by atoms with Crippen LogP contribution in [0.15, 0.2) is 0 Å². The summed E-state index contributed by atoms with van der Waals surface area (Å²) in [4.78, 5) is 24.2. The summed E-state index contributed by atoms with van der Waals surface area (Å²) in [5.74, 6) is -0.772. The molecule has 3 N–H and O–H groups in total. The first-order chi connectivity index (χ1) is 9.73. The van der Waals surface area contributed by atoms with E-state index in [0.29, 0.717) is 19.5 Å². The van der Waals surface area contributed by atoms with E-state index in [4.69, 9.17) is 5.11 Å². The van der Waals surface area contributed by atoms with Gasteiger partial charge in [-0.05, 0) is 51.7 Å². The number of aliphatic carboxylic acids is 1. The first-order valence-electron chi connectivity index (χ1n) is 7.61. The Morgan fingerprint density at radius 3 is 2.24 bits per heavy atom. The van der Waals surface area contributed by atoms with Gasteiger partial charge in [-0.25, -0.2) is 4.79 Å². The summed E-state index contributed by atoms with van der Waals surface area (Å²) in [5, 5.41) is 14.3. The Hall–Kier alpha value is -1.30. The van der Waals surface area contributed by atoms with Crippen LogP contribution in [0.3, 0.4) is 0 Å². The van der Waals surface area contributed by atoms with E-state index >= 15 is 0 Å². The van der Waals surface area contributed by atoms with Gasteiger partial charge in [-0.15, -0.1) is 0 Å². The molecule has 0 bridgehead atoms. The minimum Gasteiger partial charge on any atom is -0.481 e. The van der Waals surface area contributed by atoms with Crippen molar-refractivity contribution < 1.29 is 14.7 Å². The third kappa shape index (κ3) is 13.4. The molecule has 0 aliphatic carbocycles. The second-order valence-corrected chi connectivity index (χ2v) is 6.50. The number of hydrogen-bond acceptors (Lipinski definition) is 3. The third-order valence-corrected chi connectivity index (χ3v) is 3.42. The zero-order chi connectivity index (χ0) is 16.3. The van der Waals surface area contributed by atoms with E-state index in [-0.39, 0.29) is 17.9 Å². The molecule has 0 saturated carbocycles. The van der Waals surface area contributed by atoms with Gasteiger partial charge >= 0.3 is 12.0 Å². The van der Waals surface area contributed by atoms with E-state index in [9.17, 15) is 9.59 Å². The SMILES string of the molecule is CN(C)CCCCNC(=O)NCCC(C)(C)CCC(=O)O. The van der Waals surface area contributed by atoms with Crippen LogP contribution in [0.1, 0.15) is 46.0 Å². The lowest BCUT2D eigenvalue weighted by atomic mass is 9.84. The molecule has 0 radical (unpaired) electrons. The summed E-state index contributed by atoms with van der Waals surface area (Å²) < 4.78 is 0. The van der Waals surface area contributed by atoms with Gasteiger partial charge in [0.1, 0.15) is 0 Å². The number of unbranched alkanes of at least 4 members (excludes halogenated alkanes) is 1. The van der Waals surface area contributed by atoms with Gasteiger partial charge in [-0.2, -0.15) is 0 Å². The maximum atomic E-state index is 11.6. The van der Waals surface area contributed by atoms with Gasteiger partial charge in [0.15, 0.2) is 0 Å². The van der Waals surface area contributed by atoms with E-state index in [1.807, 2.05) is 27.9 Å². The van der Waals surface area contributed by atoms with Crippen molar-refractivity contribution in [3.63, 3.8) is 0 Å². The summed E-state index contributed by atoms with van der Waals surface area (Å²) in [6, 6.07) is -0.145. The Balaban J connectivity index is 3.62. The Morgan fingerprint density at radius 1 is 1.05 bits per heavy atom. The highest BCUT2D eigenvalue weighted by Crippen LogP contribution is 2.25. The minimum atomic E-state index is -0.772. The maximum absolute atomic E-state index is 11.6. The van der Waals surface area contributed by atoms with Gasteiger partial charge in [0.25, 0.3) is 0 Å². The standard InChI is InChI=1S/C15H31N3O3/c1-15(2,8-7-13(19)20)9-11-17-14(21)16-10-5-6-12-18(3)4/h5-12H2,1-4H3,(H,19,20)(H2,16,17,21). The van der Waals surface area contributed by atoms with Crippen molar-refractivity contribution in [2.24, 2.45) is 5.41 Å². The number of carboxylic acid groups (broad SMARTS) is 1. The number of nitrogens with zero attached hydrogens (tertiary/aromatic N) is 1. The molecule has 0 atom stereocenters. The molecule has 0 aliphatic rings. The fourth-order valence-corrected chi connectivity index (χ4v) is 1.90. The Kier molecular flexibility index (Phi) is 9.78. The zero-order valence-corrected chi connectivity index (χ0v) is 13.9. The highest BCUT2D eigenvalue weighted by Gasteiger charge is 2.19. The van der Waals surface area contributed by atoms with E-state index in [2.05, 4.69) is 15.5 Å². The molecule has 6 heteroatoms. The summed E-state index contributed by atoms with van der Waals surface area (Å²) in [6.07, 6.45) is 3.60. The van der Waals surface area contributed by atoms with Gasteiger partial charge in [-0.1, -0.05) is 13.8 Å². The highest BCUT2D eigenvalue weighted by atomic mass is 16.4. The number of carbonyl (C=O) groups excluding carboxylic acids is 1. The quantitative estimate of drug-likeness (QED) is 0.509. The Morgan fingerprint density at radius 2 is 1.67 bits per heavy atom. The number of amides is 2. The molecule has 0 aromatic rings. The van der Waals surface area contributed by atoms with Crippen molar-refractivity contribution in [1.29, 1.82) is 0 Å². The summed E-state index contributed by atoms with van der Waals surface area (Å²) >= 11 is 0. The van der Waals surface area contributed by atoms with E-state index in [1.165, 1.54) is 0 Å². The third-order valence-electron chi connectivity index (χ3n) is 3.42. The number of carboxylic acids is 1. The van der Waals surface area contributed by atoms with Crippen molar-refractivity contribution in [3.8, 4) is 0 Å². The molecule has 0 unspecified atom stereocenters. The number of nitrogens with one attached hydrogen (secondary N) is 2. The Labute approximate surface area is 128 Å². The van der Waals surface area contributed by atoms with Crippen LogP contribution in [0.25, 0.3) is 0 Å². The lowest BCUT2D eigenvalue weighted by Gasteiger charge is -2.23. The van der Waals surface area contributed by atoms with E-state index in [1.54, 1.807) is 0 Å². The van der Waals surface area contributed by atoms with Crippen molar-refractivity contribution in [2.75, 3.05) is 33.7 Å². The highest BCUT2D eigenvalue weighted by molar-refractivity contribution is 5.73. The molecule has 6 nitrogen and oxygen atoms in total. The lowest BCUT2D eigenvalue weighted by molar-refractivity contribution is -0.137. The molecule has 0 aromatic carbocycles. The fraction of sp³-hybridized carbons (Fsp3) is 0.867. The van der Waals surface area contributed by atoms with Crippen LogP contribution < -0.4 is 10.6 Å². The fourth-order valence-electron chi connectivity index (χ4n) is 1.90. The van der Waals surface area contributed by atoms with Crippen molar-refractivity contribution in [3.05, 3.63) is 0 Å². The van der Waals surface area contributed by atoms with Crippen LogP contribution in [-0.4, -0.2) is 55.7 Å². The molecule has 0 aromatic heterocycles. The van der Waals surface area contributed by atoms with Crippen LogP contribution in [-0.2, 0) is 4.79 Å². The van der Waals surface area contributed by atoms with Crippen molar-refractivity contribution >= 4 is 12.0 Å². The number of urea groups is 1. The molecule has 0 aliphatic heterocycles. The van der Waals surface area contributed by atoms with Gasteiger partial charge in [0, 0.05) is 19.5 Å². The van der Waals surface area contributed by atoms with Crippen LogP contribution >= 0.6 is 0 Å². The van der Waals surface area contributed by atoms with Crippen LogP contribution in [0, 0.1) is 5.41 Å². The Bertz CT molecular complexity index is 317.